The first-order valence-electron chi connectivity index (χ1n) is 5.32. The Balaban J connectivity index is 1.87. The second-order valence-corrected chi connectivity index (χ2v) is 4.29. The van der Waals surface area contributed by atoms with Crippen molar-refractivity contribution in [3.8, 4) is 0 Å². The van der Waals surface area contributed by atoms with E-state index in [1.807, 2.05) is 12.1 Å². The largest absolute Gasteiger partial charge is 0.463 e. The summed E-state index contributed by atoms with van der Waals surface area (Å²) < 4.78 is 10.9. The first-order chi connectivity index (χ1) is 7.22. The molecule has 0 aliphatic carbocycles. The van der Waals surface area contributed by atoms with E-state index in [9.17, 15) is 0 Å². The summed E-state index contributed by atoms with van der Waals surface area (Å²) in [6.45, 7) is 4.99. The minimum atomic E-state index is 0.0929. The van der Waals surface area contributed by atoms with Crippen molar-refractivity contribution >= 4 is 0 Å². The molecule has 1 aliphatic heterocycles. The zero-order valence-corrected chi connectivity index (χ0v) is 9.08. The van der Waals surface area contributed by atoms with Gasteiger partial charge in [-0.15, -0.1) is 0 Å². The van der Waals surface area contributed by atoms with Crippen LogP contribution < -0.4 is 11.1 Å². The second kappa shape index (κ2) is 4.35. The predicted molar refractivity (Wildman–Crippen MR) is 57.3 cm³/mol. The minimum Gasteiger partial charge on any atom is -0.463 e. The first kappa shape index (κ1) is 10.7. The van der Waals surface area contributed by atoms with Crippen LogP contribution in [0.3, 0.4) is 0 Å². The summed E-state index contributed by atoms with van der Waals surface area (Å²) in [4.78, 5) is 0. The highest BCUT2D eigenvalue weighted by Gasteiger charge is 2.28. The molecular weight excluding hydrogens is 192 g/mol. The Labute approximate surface area is 89.8 Å². The third-order valence-electron chi connectivity index (χ3n) is 2.83. The molecule has 84 valence electrons. The Hall–Kier alpha value is -0.840. The molecule has 1 unspecified atom stereocenters. The Kier molecular flexibility index (Phi) is 3.09. The molecule has 4 nitrogen and oxygen atoms in total. The number of ether oxygens (including phenoxy) is 1. The van der Waals surface area contributed by atoms with Gasteiger partial charge in [0.2, 0.25) is 0 Å². The average Bonchev–Trinajstić information content (AvgIpc) is 2.84. The van der Waals surface area contributed by atoms with E-state index in [1.165, 1.54) is 0 Å². The molecule has 1 fully saturated rings. The summed E-state index contributed by atoms with van der Waals surface area (Å²) in [7, 11) is 0. The van der Waals surface area contributed by atoms with Crippen LogP contribution >= 0.6 is 0 Å². The van der Waals surface area contributed by atoms with Gasteiger partial charge in [-0.3, -0.25) is 0 Å². The van der Waals surface area contributed by atoms with Crippen LogP contribution in [0.1, 0.15) is 24.9 Å². The first-order valence-corrected chi connectivity index (χ1v) is 5.32. The topological polar surface area (TPSA) is 60.4 Å². The lowest BCUT2D eigenvalue weighted by Crippen LogP contribution is -2.42. The molecule has 2 heterocycles. The molecule has 0 spiro atoms. The van der Waals surface area contributed by atoms with Gasteiger partial charge in [0.05, 0.1) is 19.7 Å². The van der Waals surface area contributed by atoms with Crippen molar-refractivity contribution in [1.82, 2.24) is 5.32 Å². The number of hydrogen-bond donors (Lipinski definition) is 2. The lowest BCUT2D eigenvalue weighted by molar-refractivity contribution is 0.170. The van der Waals surface area contributed by atoms with E-state index < -0.39 is 0 Å². The maximum absolute atomic E-state index is 5.51. The van der Waals surface area contributed by atoms with Gasteiger partial charge in [-0.1, -0.05) is 0 Å². The fraction of sp³-hybridized carbons (Fsp3) is 0.636. The number of hydrogen-bond acceptors (Lipinski definition) is 4. The summed E-state index contributed by atoms with van der Waals surface area (Å²) in [5, 5.41) is 3.45. The van der Waals surface area contributed by atoms with Crippen LogP contribution in [-0.2, 0) is 17.8 Å². The molecule has 4 heteroatoms. The lowest BCUT2D eigenvalue weighted by atomic mass is 10.0. The van der Waals surface area contributed by atoms with E-state index in [4.69, 9.17) is 14.9 Å². The summed E-state index contributed by atoms with van der Waals surface area (Å²) in [6, 6.07) is 3.89. The van der Waals surface area contributed by atoms with Gasteiger partial charge in [0, 0.05) is 12.1 Å². The number of furan rings is 1. The standard InChI is InChI=1S/C11H18N2O2/c1-11(4-5-14-8-11)13-7-10-3-2-9(6-12)15-10/h2-3,13H,4-8,12H2,1H3. The van der Waals surface area contributed by atoms with Crippen LogP contribution in [0, 0.1) is 0 Å². The number of rotatable bonds is 4. The van der Waals surface area contributed by atoms with Crippen molar-refractivity contribution in [2.75, 3.05) is 13.2 Å². The van der Waals surface area contributed by atoms with Gasteiger partial charge in [0.15, 0.2) is 0 Å². The predicted octanol–water partition coefficient (Wildman–Crippen LogP) is 1.01. The highest BCUT2D eigenvalue weighted by molar-refractivity contribution is 5.07. The van der Waals surface area contributed by atoms with E-state index in [1.54, 1.807) is 0 Å². The fourth-order valence-electron chi connectivity index (χ4n) is 1.73. The van der Waals surface area contributed by atoms with E-state index in [2.05, 4.69) is 12.2 Å². The summed E-state index contributed by atoms with van der Waals surface area (Å²) in [5.74, 6) is 1.77. The molecule has 0 radical (unpaired) electrons. The van der Waals surface area contributed by atoms with Crippen molar-refractivity contribution in [2.24, 2.45) is 5.73 Å². The molecule has 1 atom stereocenters. The molecule has 0 bridgehead atoms. The van der Waals surface area contributed by atoms with Gasteiger partial charge >= 0.3 is 0 Å². The van der Waals surface area contributed by atoms with Gasteiger partial charge in [-0.2, -0.15) is 0 Å². The van der Waals surface area contributed by atoms with Crippen LogP contribution in [0.5, 0.6) is 0 Å². The molecule has 1 aliphatic rings. The van der Waals surface area contributed by atoms with Crippen molar-refractivity contribution < 1.29 is 9.15 Å². The summed E-state index contributed by atoms with van der Waals surface area (Å²) in [5.41, 5.74) is 5.57. The lowest BCUT2D eigenvalue weighted by Gasteiger charge is -2.22. The number of nitrogens with two attached hydrogens (primary N) is 1. The number of nitrogens with one attached hydrogen (secondary N) is 1. The van der Waals surface area contributed by atoms with Gasteiger partial charge < -0.3 is 20.2 Å². The molecule has 2 rings (SSSR count). The van der Waals surface area contributed by atoms with Gasteiger partial charge in [-0.25, -0.2) is 0 Å². The Morgan fingerprint density at radius 2 is 2.27 bits per heavy atom. The fourth-order valence-corrected chi connectivity index (χ4v) is 1.73. The van der Waals surface area contributed by atoms with Crippen LogP contribution in [0.25, 0.3) is 0 Å². The summed E-state index contributed by atoms with van der Waals surface area (Å²) in [6.07, 6.45) is 1.05. The van der Waals surface area contributed by atoms with E-state index in [0.717, 1.165) is 37.7 Å². The van der Waals surface area contributed by atoms with Gasteiger partial charge in [-0.05, 0) is 25.5 Å². The van der Waals surface area contributed by atoms with Crippen LogP contribution in [0.2, 0.25) is 0 Å². The Bertz CT molecular complexity index is 316. The SMILES string of the molecule is CC1(NCc2ccc(CN)o2)CCOC1. The monoisotopic (exact) mass is 210 g/mol. The average molecular weight is 210 g/mol. The molecule has 1 saturated heterocycles. The van der Waals surface area contributed by atoms with Crippen molar-refractivity contribution in [3.05, 3.63) is 23.7 Å². The van der Waals surface area contributed by atoms with Gasteiger partial charge in [0.1, 0.15) is 11.5 Å². The van der Waals surface area contributed by atoms with Crippen LogP contribution in [0.4, 0.5) is 0 Å². The maximum Gasteiger partial charge on any atom is 0.118 e. The maximum atomic E-state index is 5.51. The highest BCUT2D eigenvalue weighted by atomic mass is 16.5. The van der Waals surface area contributed by atoms with E-state index in [0.29, 0.717) is 6.54 Å². The van der Waals surface area contributed by atoms with E-state index >= 15 is 0 Å². The van der Waals surface area contributed by atoms with Crippen LogP contribution in [0.15, 0.2) is 16.5 Å². The van der Waals surface area contributed by atoms with E-state index in [-0.39, 0.29) is 5.54 Å². The molecule has 0 saturated carbocycles. The Morgan fingerprint density at radius 3 is 2.87 bits per heavy atom. The molecule has 15 heavy (non-hydrogen) atoms. The molecular formula is C11H18N2O2. The minimum absolute atomic E-state index is 0.0929. The zero-order chi connectivity index (χ0) is 10.7. The quantitative estimate of drug-likeness (QED) is 0.778. The van der Waals surface area contributed by atoms with Crippen molar-refractivity contribution in [1.29, 1.82) is 0 Å². The molecule has 1 aromatic rings. The molecule has 1 aromatic heterocycles. The van der Waals surface area contributed by atoms with Crippen LogP contribution in [-0.4, -0.2) is 18.8 Å². The normalized spacial score (nSPS) is 26.0. The van der Waals surface area contributed by atoms with Gasteiger partial charge in [0.25, 0.3) is 0 Å². The highest BCUT2D eigenvalue weighted by Crippen LogP contribution is 2.18. The molecule has 0 aromatic carbocycles. The Morgan fingerprint density at radius 1 is 1.47 bits per heavy atom. The third-order valence-corrected chi connectivity index (χ3v) is 2.83. The smallest absolute Gasteiger partial charge is 0.118 e. The summed E-state index contributed by atoms with van der Waals surface area (Å²) >= 11 is 0. The zero-order valence-electron chi connectivity index (χ0n) is 9.08. The molecule has 0 amide bonds. The third kappa shape index (κ3) is 2.59. The second-order valence-electron chi connectivity index (χ2n) is 4.29. The van der Waals surface area contributed by atoms with Crippen molar-refractivity contribution in [3.63, 3.8) is 0 Å². The molecule has 3 N–H and O–H groups in total. The van der Waals surface area contributed by atoms with Crippen molar-refractivity contribution in [2.45, 2.75) is 32.0 Å².